The van der Waals surface area contributed by atoms with Gasteiger partial charge in [0.15, 0.2) is 0 Å². The summed E-state index contributed by atoms with van der Waals surface area (Å²) in [5.74, 6) is -0.0661. The van der Waals surface area contributed by atoms with E-state index in [1.807, 2.05) is 44.2 Å². The number of carbonyl (C=O) groups is 1. The summed E-state index contributed by atoms with van der Waals surface area (Å²) >= 11 is 0. The first kappa shape index (κ1) is 23.0. The molecule has 2 aliphatic rings. The summed E-state index contributed by atoms with van der Waals surface area (Å²) in [5.41, 5.74) is 3.02. The number of nitrogens with one attached hydrogen (secondary N) is 1. The van der Waals surface area contributed by atoms with Gasteiger partial charge < -0.3 is 10.1 Å². The second-order valence-corrected chi connectivity index (χ2v) is 8.86. The van der Waals surface area contributed by atoms with Gasteiger partial charge in [0.2, 0.25) is 5.78 Å². The number of benzene rings is 1. The fourth-order valence-corrected chi connectivity index (χ4v) is 4.25. The van der Waals surface area contributed by atoms with Gasteiger partial charge in [0.25, 0.3) is 6.01 Å². The Balaban J connectivity index is 1.71. The van der Waals surface area contributed by atoms with Crippen molar-refractivity contribution in [3.8, 4) is 0 Å². The molecule has 1 N–H and O–H groups in total. The Labute approximate surface area is 185 Å². The lowest BCUT2D eigenvalue weighted by Gasteiger charge is -2.29. The van der Waals surface area contributed by atoms with Crippen molar-refractivity contribution in [1.29, 1.82) is 0 Å². The highest BCUT2D eigenvalue weighted by atomic mass is 19.1. The first-order chi connectivity index (χ1) is 14.8. The zero-order valence-corrected chi connectivity index (χ0v) is 18.8. The normalized spacial score (nSPS) is 21.0. The van der Waals surface area contributed by atoms with Gasteiger partial charge in [0, 0.05) is 11.6 Å². The van der Waals surface area contributed by atoms with Crippen molar-refractivity contribution in [1.82, 2.24) is 5.32 Å². The van der Waals surface area contributed by atoms with Crippen LogP contribution in [0.2, 0.25) is 0 Å². The maximum Gasteiger partial charge on any atom is 0.273 e. The SMILES string of the molecule is C=C(NC(C)(C)c1ccccc1)C(=O)C1CC(C2=COC(F)=CC2)C(CCCCC)=N1. The van der Waals surface area contributed by atoms with Gasteiger partial charge in [-0.3, -0.25) is 9.79 Å². The molecule has 2 unspecified atom stereocenters. The molecular formula is C26H33FN2O2. The van der Waals surface area contributed by atoms with Gasteiger partial charge in [-0.2, -0.15) is 4.39 Å². The molecular weight excluding hydrogens is 391 g/mol. The molecule has 4 nitrogen and oxygen atoms in total. The first-order valence-electron chi connectivity index (χ1n) is 11.2. The molecule has 0 spiro atoms. The minimum atomic E-state index is -0.570. The molecule has 0 radical (unpaired) electrons. The number of aliphatic imine (C=N–C) groups is 1. The van der Waals surface area contributed by atoms with Crippen molar-refractivity contribution in [3.05, 3.63) is 72.1 Å². The minimum absolute atomic E-state index is 0.0186. The molecule has 0 saturated carbocycles. The van der Waals surface area contributed by atoms with Gasteiger partial charge in [-0.15, -0.1) is 0 Å². The van der Waals surface area contributed by atoms with Gasteiger partial charge in [-0.05, 0) is 56.7 Å². The number of allylic oxidation sites excluding steroid dienone is 2. The lowest BCUT2D eigenvalue weighted by molar-refractivity contribution is -0.117. The summed E-state index contributed by atoms with van der Waals surface area (Å²) in [4.78, 5) is 18.0. The van der Waals surface area contributed by atoms with E-state index < -0.39 is 17.6 Å². The van der Waals surface area contributed by atoms with E-state index in [1.54, 1.807) is 0 Å². The number of ether oxygens (including phenoxy) is 1. The van der Waals surface area contributed by atoms with E-state index in [4.69, 9.17) is 9.73 Å². The monoisotopic (exact) mass is 424 g/mol. The highest BCUT2D eigenvalue weighted by molar-refractivity contribution is 6.03. The van der Waals surface area contributed by atoms with Crippen LogP contribution in [0.25, 0.3) is 0 Å². The zero-order chi connectivity index (χ0) is 22.4. The Morgan fingerprint density at radius 2 is 2.03 bits per heavy atom. The van der Waals surface area contributed by atoms with Crippen molar-refractivity contribution in [2.24, 2.45) is 10.9 Å². The maximum absolute atomic E-state index is 13.3. The lowest BCUT2D eigenvalue weighted by atomic mass is 9.86. The second kappa shape index (κ2) is 10.1. The molecule has 5 heteroatoms. The average molecular weight is 425 g/mol. The molecule has 2 heterocycles. The molecule has 31 heavy (non-hydrogen) atoms. The predicted molar refractivity (Wildman–Crippen MR) is 123 cm³/mol. The number of hydrogen-bond acceptors (Lipinski definition) is 4. The molecule has 0 saturated heterocycles. The Hall–Kier alpha value is -2.69. The topological polar surface area (TPSA) is 50.7 Å². The first-order valence-corrected chi connectivity index (χ1v) is 11.2. The Kier molecular flexibility index (Phi) is 7.47. The molecule has 0 amide bonds. The largest absolute Gasteiger partial charge is 0.440 e. The molecule has 2 aliphatic heterocycles. The van der Waals surface area contributed by atoms with Crippen molar-refractivity contribution >= 4 is 11.5 Å². The number of hydrogen-bond donors (Lipinski definition) is 1. The Morgan fingerprint density at radius 1 is 1.29 bits per heavy atom. The standard InChI is InChI=1S/C26H33FN2O2/c1-5-6-8-13-22-21(19-14-15-24(27)31-17-19)16-23(28-22)25(30)18(2)29-26(3,4)20-11-9-7-10-12-20/h7,9-12,15,17,21,23,29H,2,5-6,8,13-14,16H2,1,3-4H3. The second-order valence-electron chi connectivity index (χ2n) is 8.86. The Bertz CT molecular complexity index is 899. The number of halogens is 1. The summed E-state index contributed by atoms with van der Waals surface area (Å²) in [6.07, 6.45) is 8.13. The zero-order valence-electron chi connectivity index (χ0n) is 18.8. The third-order valence-electron chi connectivity index (χ3n) is 6.05. The van der Waals surface area contributed by atoms with Crippen molar-refractivity contribution in [3.63, 3.8) is 0 Å². The van der Waals surface area contributed by atoms with E-state index >= 15 is 0 Å². The van der Waals surface area contributed by atoms with E-state index in [9.17, 15) is 9.18 Å². The number of rotatable bonds is 10. The van der Waals surface area contributed by atoms with Gasteiger partial charge in [-0.25, -0.2) is 0 Å². The molecule has 0 fully saturated rings. The van der Waals surface area contributed by atoms with Gasteiger partial charge in [0.05, 0.1) is 17.5 Å². The summed E-state index contributed by atoms with van der Waals surface area (Å²) in [5, 5.41) is 3.30. The molecule has 1 aromatic rings. The number of carbonyl (C=O) groups excluding carboxylic acids is 1. The van der Waals surface area contributed by atoms with Crippen LogP contribution in [0.3, 0.4) is 0 Å². The molecule has 1 aromatic carbocycles. The number of nitrogens with zero attached hydrogens (tertiary/aromatic N) is 1. The van der Waals surface area contributed by atoms with Crippen LogP contribution < -0.4 is 5.32 Å². The maximum atomic E-state index is 13.3. The van der Waals surface area contributed by atoms with Crippen LogP contribution in [-0.4, -0.2) is 17.5 Å². The van der Waals surface area contributed by atoms with E-state index in [2.05, 4.69) is 18.8 Å². The fraction of sp³-hybridized carbons (Fsp3) is 0.462. The van der Waals surface area contributed by atoms with Crippen LogP contribution in [-0.2, 0) is 15.1 Å². The smallest absolute Gasteiger partial charge is 0.273 e. The quantitative estimate of drug-likeness (QED) is 0.364. The molecule has 166 valence electrons. The van der Waals surface area contributed by atoms with E-state index in [0.717, 1.165) is 42.5 Å². The molecule has 3 rings (SSSR count). The van der Waals surface area contributed by atoms with Crippen LogP contribution in [0, 0.1) is 5.92 Å². The van der Waals surface area contributed by atoms with Crippen molar-refractivity contribution in [2.45, 2.75) is 70.9 Å². The molecule has 0 aromatic heterocycles. The van der Waals surface area contributed by atoms with Crippen LogP contribution >= 0.6 is 0 Å². The van der Waals surface area contributed by atoms with Crippen LogP contribution in [0.5, 0.6) is 0 Å². The lowest BCUT2D eigenvalue weighted by Crippen LogP contribution is -2.39. The minimum Gasteiger partial charge on any atom is -0.440 e. The summed E-state index contributed by atoms with van der Waals surface area (Å²) in [6.45, 7) is 10.3. The van der Waals surface area contributed by atoms with Crippen molar-refractivity contribution < 1.29 is 13.9 Å². The Morgan fingerprint density at radius 3 is 2.68 bits per heavy atom. The highest BCUT2D eigenvalue weighted by Gasteiger charge is 2.36. The van der Waals surface area contributed by atoms with Gasteiger partial charge in [0.1, 0.15) is 6.04 Å². The molecule has 2 atom stereocenters. The van der Waals surface area contributed by atoms with E-state index in [1.165, 1.54) is 12.3 Å². The summed E-state index contributed by atoms with van der Waals surface area (Å²) in [6, 6.07) is 8.96. The van der Waals surface area contributed by atoms with Gasteiger partial charge >= 0.3 is 0 Å². The highest BCUT2D eigenvalue weighted by Crippen LogP contribution is 2.35. The average Bonchev–Trinajstić information content (AvgIpc) is 3.18. The third kappa shape index (κ3) is 5.72. The van der Waals surface area contributed by atoms with Crippen LogP contribution in [0.1, 0.15) is 64.9 Å². The summed E-state index contributed by atoms with van der Waals surface area (Å²) < 4.78 is 18.3. The van der Waals surface area contributed by atoms with Crippen LogP contribution in [0.15, 0.2) is 71.5 Å². The van der Waals surface area contributed by atoms with E-state index in [0.29, 0.717) is 18.5 Å². The third-order valence-corrected chi connectivity index (χ3v) is 6.05. The predicted octanol–water partition coefficient (Wildman–Crippen LogP) is 6.12. The van der Waals surface area contributed by atoms with Crippen molar-refractivity contribution in [2.75, 3.05) is 0 Å². The fourth-order valence-electron chi connectivity index (χ4n) is 4.25. The number of unbranched alkanes of at least 4 members (excludes halogenated alkanes) is 2. The van der Waals surface area contributed by atoms with Gasteiger partial charge in [-0.1, -0.05) is 56.7 Å². The summed E-state index contributed by atoms with van der Waals surface area (Å²) in [7, 11) is 0. The number of ketones is 1. The molecule has 0 bridgehead atoms. The number of Topliss-reactive ketones (excluding diaryl/α,β-unsaturated/α-hetero) is 1. The van der Waals surface area contributed by atoms with E-state index in [-0.39, 0.29) is 11.7 Å². The molecule has 0 aliphatic carbocycles. The van der Waals surface area contributed by atoms with Crippen LogP contribution in [0.4, 0.5) is 4.39 Å².